The second-order valence-corrected chi connectivity index (χ2v) is 22.9. The van der Waals surface area contributed by atoms with E-state index in [-0.39, 0.29) is 32.0 Å². The first-order valence-electron chi connectivity index (χ1n) is 24.2. The van der Waals surface area contributed by atoms with Gasteiger partial charge in [0, 0.05) is 0 Å². The second kappa shape index (κ2) is 16.7. The zero-order valence-corrected chi connectivity index (χ0v) is 41.8. The monoisotopic (exact) mass is 955 g/mol. The Morgan fingerprint density at radius 2 is 1.04 bits per heavy atom. The number of fused-ring (bicyclic) bond motifs is 6. The molecule has 0 radical (unpaired) electrons. The van der Waals surface area contributed by atoms with E-state index in [0.717, 1.165) is 22.7 Å². The molecule has 69 heavy (non-hydrogen) atoms. The summed E-state index contributed by atoms with van der Waals surface area (Å²) in [6, 6.07) is 79.2. The van der Waals surface area contributed by atoms with E-state index >= 15 is 0 Å². The molecule has 3 nitrogen and oxygen atoms in total. The van der Waals surface area contributed by atoms with Crippen molar-refractivity contribution in [2.75, 3.05) is 15.1 Å². The predicted octanol–water partition coefficient (Wildman–Crippen LogP) is 15.3. The van der Waals surface area contributed by atoms with Crippen LogP contribution in [0, 0.1) is 0 Å². The van der Waals surface area contributed by atoms with E-state index in [1.54, 1.807) is 0 Å². The molecule has 0 saturated heterocycles. The van der Waals surface area contributed by atoms with Crippen LogP contribution in [0.1, 0.15) is 52.7 Å². The molecule has 1 aromatic heterocycles. The molecule has 12 rings (SSSR count). The number of nitrogens with zero attached hydrogens (tertiary/aromatic N) is 2. The molecule has 1 N–H and O–H groups in total. The minimum absolute atomic E-state index is 0.0205. The molecular weight excluding hydrogens is 900 g/mol. The zero-order chi connectivity index (χ0) is 47.0. The number of para-hydroxylation sites is 2. The van der Waals surface area contributed by atoms with Crippen molar-refractivity contribution < 1.29 is 0 Å². The zero-order valence-electron chi connectivity index (χ0n) is 40.1. The van der Waals surface area contributed by atoms with Crippen molar-refractivity contribution in [1.82, 2.24) is 0 Å². The van der Waals surface area contributed by atoms with Gasteiger partial charge >= 0.3 is 389 Å². The standard InChI is InChI=1S/C64H54BN3Se/c1-63(2,3)46-30-33-48(34-31-46)67(55-28-18-16-26-50(55)43-22-12-8-13-23-43)49-35-36-53-57(41-49)68(56-29-19-17-27-51(56)44-24-14-9-15-25-44)58-39-45(42-20-10-7-11-21-42)38-54-60(58)65(53)62-61(66-54)52-40-47(64(4,5)6)32-37-59(52)69-62/h7-41,66H,1-6H3. The predicted molar refractivity (Wildman–Crippen MR) is 298 cm³/mol. The van der Waals surface area contributed by atoms with Crippen LogP contribution >= 0.6 is 0 Å². The Hall–Kier alpha value is -7.30. The van der Waals surface area contributed by atoms with E-state index in [4.69, 9.17) is 0 Å². The van der Waals surface area contributed by atoms with Gasteiger partial charge in [-0.05, 0) is 0 Å². The first kappa shape index (κ1) is 43.0. The first-order valence-corrected chi connectivity index (χ1v) is 25.9. The van der Waals surface area contributed by atoms with Gasteiger partial charge < -0.3 is 0 Å². The van der Waals surface area contributed by atoms with Crippen molar-refractivity contribution in [3.05, 3.63) is 223 Å². The van der Waals surface area contributed by atoms with Gasteiger partial charge in [0.2, 0.25) is 0 Å². The summed E-state index contributed by atoms with van der Waals surface area (Å²) in [5.74, 6) is 0. The molecule has 0 atom stereocenters. The fourth-order valence-corrected chi connectivity index (χ4v) is 13.3. The first-order chi connectivity index (χ1) is 33.5. The Kier molecular flexibility index (Phi) is 10.4. The molecule has 0 aliphatic carbocycles. The van der Waals surface area contributed by atoms with Crippen LogP contribution in [-0.2, 0) is 10.8 Å². The van der Waals surface area contributed by atoms with Crippen molar-refractivity contribution in [1.29, 1.82) is 0 Å². The number of rotatable bonds is 7. The summed E-state index contributed by atoms with van der Waals surface area (Å²) in [5, 5.41) is 5.52. The number of anilines is 8. The Morgan fingerprint density at radius 1 is 0.464 bits per heavy atom. The van der Waals surface area contributed by atoms with Crippen LogP contribution in [0.3, 0.4) is 0 Å². The van der Waals surface area contributed by atoms with E-state index in [0.29, 0.717) is 0 Å². The molecule has 2 aliphatic rings. The quantitative estimate of drug-likeness (QED) is 0.161. The van der Waals surface area contributed by atoms with Crippen LogP contribution in [-0.4, -0.2) is 21.2 Å². The molecular formula is C64H54BN3Se. The van der Waals surface area contributed by atoms with Crippen molar-refractivity contribution in [3.63, 3.8) is 0 Å². The van der Waals surface area contributed by atoms with Gasteiger partial charge in [-0.3, -0.25) is 0 Å². The molecule has 0 amide bonds. The van der Waals surface area contributed by atoms with Crippen molar-refractivity contribution in [2.24, 2.45) is 0 Å². The number of hydrogen-bond donors (Lipinski definition) is 1. The summed E-state index contributed by atoms with van der Waals surface area (Å²) in [6.07, 6.45) is 0. The Labute approximate surface area is 413 Å². The fourth-order valence-electron chi connectivity index (χ4n) is 10.6. The van der Waals surface area contributed by atoms with Gasteiger partial charge in [0.15, 0.2) is 0 Å². The summed E-state index contributed by atoms with van der Waals surface area (Å²) < 4.78 is 2.95. The topological polar surface area (TPSA) is 18.5 Å². The summed E-state index contributed by atoms with van der Waals surface area (Å²) in [6.45, 7) is 13.9. The van der Waals surface area contributed by atoms with Gasteiger partial charge in [0.05, 0.1) is 0 Å². The normalized spacial score (nSPS) is 12.8. The van der Waals surface area contributed by atoms with Crippen LogP contribution < -0.4 is 30.4 Å². The number of nitrogens with one attached hydrogen (secondary N) is 1. The number of hydrogen-bond acceptors (Lipinski definition) is 3. The van der Waals surface area contributed by atoms with Crippen molar-refractivity contribution >= 4 is 91.6 Å². The van der Waals surface area contributed by atoms with Gasteiger partial charge in [-0.1, -0.05) is 26.8 Å². The Morgan fingerprint density at radius 3 is 1.72 bits per heavy atom. The van der Waals surface area contributed by atoms with Crippen LogP contribution in [0.2, 0.25) is 0 Å². The van der Waals surface area contributed by atoms with Gasteiger partial charge in [0.25, 0.3) is 0 Å². The average molecular weight is 955 g/mol. The third kappa shape index (κ3) is 7.53. The maximum atomic E-state index is 4.16. The molecule has 0 saturated carbocycles. The average Bonchev–Trinajstić information content (AvgIpc) is 3.74. The SMILES string of the molecule is CC(C)(C)c1ccc(N(c2ccc3c(c2)N(c2ccccc2-c2ccccc2)c2cc(-c4ccccc4)cc4c2B3c2[se]c3ccc(C(C)(C)C)cc3c2N4)c2ccccc2-c2ccccc2)cc1. The number of benzene rings is 9. The Balaban J connectivity index is 1.16. The van der Waals surface area contributed by atoms with Crippen LogP contribution in [0.4, 0.5) is 45.5 Å². The maximum absolute atomic E-state index is 4.16. The fraction of sp³-hybridized carbons (Fsp3) is 0.125. The van der Waals surface area contributed by atoms with E-state index in [9.17, 15) is 0 Å². The van der Waals surface area contributed by atoms with E-state index < -0.39 is 0 Å². The molecule has 10 aromatic rings. The van der Waals surface area contributed by atoms with Crippen molar-refractivity contribution in [2.45, 2.75) is 52.4 Å². The van der Waals surface area contributed by atoms with Gasteiger partial charge in [0.1, 0.15) is 0 Å². The van der Waals surface area contributed by atoms with E-state index in [2.05, 4.69) is 269 Å². The van der Waals surface area contributed by atoms with Gasteiger partial charge in [-0.15, -0.1) is 0 Å². The van der Waals surface area contributed by atoms with Crippen LogP contribution in [0.25, 0.3) is 43.0 Å². The van der Waals surface area contributed by atoms with E-state index in [1.807, 2.05) is 0 Å². The molecule has 2 aliphatic heterocycles. The summed E-state index contributed by atoms with van der Waals surface area (Å²) in [7, 11) is 0. The summed E-state index contributed by atoms with van der Waals surface area (Å²) in [4.78, 5) is 5.07. The molecule has 0 spiro atoms. The Bertz CT molecular complexity index is 3550. The molecule has 9 aromatic carbocycles. The molecule has 0 bridgehead atoms. The second-order valence-electron chi connectivity index (χ2n) is 20.7. The third-order valence-corrected chi connectivity index (χ3v) is 16.8. The van der Waals surface area contributed by atoms with Gasteiger partial charge in [-0.25, -0.2) is 0 Å². The molecule has 0 unspecified atom stereocenters. The third-order valence-electron chi connectivity index (χ3n) is 14.2. The summed E-state index contributed by atoms with van der Waals surface area (Å²) in [5.41, 5.74) is 21.8. The molecule has 334 valence electrons. The van der Waals surface area contributed by atoms with Gasteiger partial charge in [-0.2, -0.15) is 0 Å². The molecule has 5 heteroatoms. The van der Waals surface area contributed by atoms with Crippen LogP contribution in [0.15, 0.2) is 212 Å². The summed E-state index contributed by atoms with van der Waals surface area (Å²) >= 11 is 0.112. The van der Waals surface area contributed by atoms with Crippen LogP contribution in [0.5, 0.6) is 0 Å². The molecule has 0 fully saturated rings. The van der Waals surface area contributed by atoms with Crippen molar-refractivity contribution in [3.8, 4) is 33.4 Å². The molecule has 3 heterocycles. The van der Waals surface area contributed by atoms with E-state index in [1.165, 1.54) is 92.2 Å². The minimum atomic E-state index is 0.0205.